The first-order chi connectivity index (χ1) is 15.3. The van der Waals surface area contributed by atoms with E-state index in [0.717, 1.165) is 22.3 Å². The lowest BCUT2D eigenvalue weighted by molar-refractivity contribution is -0.160. The van der Waals surface area contributed by atoms with Gasteiger partial charge in [0.15, 0.2) is 0 Å². The first-order valence-electron chi connectivity index (χ1n) is 10.6. The van der Waals surface area contributed by atoms with E-state index >= 15 is 0 Å². The van der Waals surface area contributed by atoms with Gasteiger partial charge in [-0.3, -0.25) is 0 Å². The number of hydrogen-bond donors (Lipinski definition) is 0. The smallest absolute Gasteiger partial charge is 0.230 e. The molecule has 2 heterocycles. The molecule has 2 aliphatic heterocycles. The van der Waals surface area contributed by atoms with Crippen molar-refractivity contribution in [3.05, 3.63) is 144 Å². The Morgan fingerprint density at radius 3 is 1.13 bits per heavy atom. The van der Waals surface area contributed by atoms with E-state index in [0.29, 0.717) is 0 Å². The first kappa shape index (κ1) is 18.5. The second-order valence-corrected chi connectivity index (χ2v) is 7.99. The molecule has 3 heteroatoms. The average Bonchev–Trinajstić information content (AvgIpc) is 3.77. The molecule has 6 rings (SSSR count). The van der Waals surface area contributed by atoms with Crippen molar-refractivity contribution in [2.45, 2.75) is 23.8 Å². The molecule has 0 bridgehead atoms. The Labute approximate surface area is 181 Å². The second-order valence-electron chi connectivity index (χ2n) is 7.99. The monoisotopic (exact) mass is 406 g/mol. The minimum Gasteiger partial charge on any atom is -0.329 e. The largest absolute Gasteiger partial charge is 0.329 e. The zero-order chi connectivity index (χ0) is 20.7. The van der Waals surface area contributed by atoms with Crippen molar-refractivity contribution in [3.63, 3.8) is 0 Å². The van der Waals surface area contributed by atoms with E-state index in [1.54, 1.807) is 0 Å². The molecule has 2 fully saturated rings. The van der Waals surface area contributed by atoms with E-state index in [9.17, 15) is 0 Å². The van der Waals surface area contributed by atoms with Crippen LogP contribution in [0.15, 0.2) is 121 Å². The topological polar surface area (TPSA) is 34.3 Å². The molecule has 2 saturated heterocycles. The Morgan fingerprint density at radius 1 is 0.452 bits per heavy atom. The zero-order valence-corrected chi connectivity index (χ0v) is 16.9. The van der Waals surface area contributed by atoms with Crippen molar-refractivity contribution in [2.24, 2.45) is 0 Å². The molecule has 31 heavy (non-hydrogen) atoms. The quantitative estimate of drug-likeness (QED) is 0.355. The maximum Gasteiger partial charge on any atom is 0.230 e. The highest BCUT2D eigenvalue weighted by molar-refractivity contribution is 5.37. The molecule has 4 atom stereocenters. The highest BCUT2D eigenvalue weighted by Gasteiger charge is 2.71. The van der Waals surface area contributed by atoms with Gasteiger partial charge in [0.2, 0.25) is 11.6 Å². The molecule has 152 valence electrons. The van der Waals surface area contributed by atoms with Gasteiger partial charge in [-0.25, -0.2) is 0 Å². The van der Waals surface area contributed by atoms with Crippen LogP contribution in [0.3, 0.4) is 0 Å². The van der Waals surface area contributed by atoms with E-state index in [2.05, 4.69) is 48.5 Å². The van der Waals surface area contributed by atoms with Crippen LogP contribution < -0.4 is 0 Å². The summed E-state index contributed by atoms with van der Waals surface area (Å²) in [6.45, 7) is 0. The Hall–Kier alpha value is -3.24. The van der Waals surface area contributed by atoms with Crippen LogP contribution >= 0.6 is 0 Å². The van der Waals surface area contributed by atoms with Gasteiger partial charge in [0.05, 0.1) is 0 Å². The van der Waals surface area contributed by atoms with Crippen molar-refractivity contribution >= 4 is 0 Å². The highest BCUT2D eigenvalue weighted by Crippen LogP contribution is 2.67. The molecule has 0 radical (unpaired) electrons. The number of hydrogen-bond acceptors (Lipinski definition) is 3. The van der Waals surface area contributed by atoms with Crippen LogP contribution in [0, 0.1) is 0 Å². The molecule has 3 nitrogen and oxygen atoms in total. The standard InChI is InChI=1S/C28H22O3/c1-5-13-21(14-6-1)25-27(29-25,23-17-9-3-10-18-23)31-28(24-19-11-4-12-20-24)26(30-28)22-15-7-2-8-16-22/h1-20,25-26H. The van der Waals surface area contributed by atoms with Gasteiger partial charge < -0.3 is 14.2 Å². The van der Waals surface area contributed by atoms with Gasteiger partial charge >= 0.3 is 0 Å². The molecule has 2 aliphatic rings. The summed E-state index contributed by atoms with van der Waals surface area (Å²) in [5.41, 5.74) is 4.15. The lowest BCUT2D eigenvalue weighted by atomic mass is 9.98. The Kier molecular flexibility index (Phi) is 4.29. The molecule has 4 aromatic rings. The normalized spacial score (nSPS) is 28.8. The maximum atomic E-state index is 6.91. The van der Waals surface area contributed by atoms with Gasteiger partial charge in [-0.1, -0.05) is 121 Å². The van der Waals surface area contributed by atoms with Crippen molar-refractivity contribution in [3.8, 4) is 0 Å². The molecule has 0 saturated carbocycles. The SMILES string of the molecule is c1ccc(C2OC2(OC2(c3ccccc3)OC2c2ccccc2)c2ccccc2)cc1. The number of epoxide rings is 2. The predicted octanol–water partition coefficient (Wildman–Crippen LogP) is 6.25. The van der Waals surface area contributed by atoms with Crippen molar-refractivity contribution in [1.82, 2.24) is 0 Å². The molecule has 0 N–H and O–H groups in total. The van der Waals surface area contributed by atoms with E-state index in [1.807, 2.05) is 72.8 Å². The molecule has 0 amide bonds. The predicted molar refractivity (Wildman–Crippen MR) is 118 cm³/mol. The molecule has 4 aromatic carbocycles. The lowest BCUT2D eigenvalue weighted by Crippen LogP contribution is -2.26. The molecule has 0 spiro atoms. The Balaban J connectivity index is 1.43. The van der Waals surface area contributed by atoms with E-state index < -0.39 is 11.6 Å². The third kappa shape index (κ3) is 3.10. The van der Waals surface area contributed by atoms with Gasteiger partial charge in [0.1, 0.15) is 12.2 Å². The number of ether oxygens (including phenoxy) is 3. The number of benzene rings is 4. The minimum absolute atomic E-state index is 0.197. The van der Waals surface area contributed by atoms with Crippen LogP contribution in [0.2, 0.25) is 0 Å². The summed E-state index contributed by atoms with van der Waals surface area (Å²) in [7, 11) is 0. The third-order valence-corrected chi connectivity index (χ3v) is 6.02. The highest BCUT2D eigenvalue weighted by atomic mass is 16.9. The summed E-state index contributed by atoms with van der Waals surface area (Å²) in [4.78, 5) is 0. The molecule has 0 aromatic heterocycles. The fourth-order valence-corrected chi connectivity index (χ4v) is 4.39. The summed E-state index contributed by atoms with van der Waals surface area (Å²) < 4.78 is 19.6. The molecular formula is C28H22O3. The number of rotatable bonds is 6. The van der Waals surface area contributed by atoms with Crippen molar-refractivity contribution in [1.29, 1.82) is 0 Å². The Morgan fingerprint density at radius 2 is 0.774 bits per heavy atom. The average molecular weight is 406 g/mol. The fraction of sp³-hybridized carbons (Fsp3) is 0.143. The van der Waals surface area contributed by atoms with Gasteiger partial charge in [0.25, 0.3) is 0 Å². The van der Waals surface area contributed by atoms with Gasteiger partial charge in [-0.15, -0.1) is 0 Å². The van der Waals surface area contributed by atoms with E-state index in [4.69, 9.17) is 14.2 Å². The Bertz CT molecular complexity index is 1070. The molecular weight excluding hydrogens is 384 g/mol. The summed E-state index contributed by atoms with van der Waals surface area (Å²) in [5.74, 6) is -1.80. The van der Waals surface area contributed by atoms with E-state index in [-0.39, 0.29) is 12.2 Å². The van der Waals surface area contributed by atoms with Crippen LogP contribution in [-0.4, -0.2) is 0 Å². The van der Waals surface area contributed by atoms with Crippen molar-refractivity contribution in [2.75, 3.05) is 0 Å². The second kappa shape index (κ2) is 7.17. The fourth-order valence-electron chi connectivity index (χ4n) is 4.39. The summed E-state index contributed by atoms with van der Waals surface area (Å²) in [6, 6.07) is 40.8. The lowest BCUT2D eigenvalue weighted by Gasteiger charge is -2.22. The van der Waals surface area contributed by atoms with Crippen LogP contribution in [0.5, 0.6) is 0 Å². The molecule has 0 aliphatic carbocycles. The summed E-state index contributed by atoms with van der Waals surface area (Å²) >= 11 is 0. The van der Waals surface area contributed by atoms with Crippen LogP contribution in [-0.2, 0) is 25.8 Å². The minimum atomic E-state index is -0.901. The van der Waals surface area contributed by atoms with Crippen LogP contribution in [0.25, 0.3) is 0 Å². The van der Waals surface area contributed by atoms with Gasteiger partial charge in [-0.2, -0.15) is 0 Å². The van der Waals surface area contributed by atoms with Gasteiger partial charge in [-0.05, 0) is 11.1 Å². The first-order valence-corrected chi connectivity index (χ1v) is 10.6. The van der Waals surface area contributed by atoms with E-state index in [1.165, 1.54) is 0 Å². The van der Waals surface area contributed by atoms with Crippen molar-refractivity contribution < 1.29 is 14.2 Å². The maximum absolute atomic E-state index is 6.91. The van der Waals surface area contributed by atoms with Crippen LogP contribution in [0.4, 0.5) is 0 Å². The molecule has 4 unspecified atom stereocenters. The zero-order valence-electron chi connectivity index (χ0n) is 16.9. The summed E-state index contributed by atoms with van der Waals surface area (Å²) in [6.07, 6.45) is -0.394. The van der Waals surface area contributed by atoms with Crippen LogP contribution in [0.1, 0.15) is 34.5 Å². The van der Waals surface area contributed by atoms with Gasteiger partial charge in [0, 0.05) is 11.1 Å². The summed E-state index contributed by atoms with van der Waals surface area (Å²) in [5, 5.41) is 0. The third-order valence-electron chi connectivity index (χ3n) is 6.02.